The van der Waals surface area contributed by atoms with E-state index in [1.54, 1.807) is 10.8 Å². The number of anilines is 4. The van der Waals surface area contributed by atoms with Gasteiger partial charge in [-0.2, -0.15) is 28.0 Å². The molecular formula is C24H27F3N8O3S. The molecule has 11 nitrogen and oxygen atoms in total. The van der Waals surface area contributed by atoms with Crippen LogP contribution in [0.4, 0.5) is 36.2 Å². The fraction of sp³-hybridized carbons (Fsp3) is 0.417. The van der Waals surface area contributed by atoms with Crippen molar-refractivity contribution in [3.05, 3.63) is 41.6 Å². The lowest BCUT2D eigenvalue weighted by Crippen LogP contribution is -2.27. The van der Waals surface area contributed by atoms with E-state index in [1.165, 1.54) is 6.20 Å². The summed E-state index contributed by atoms with van der Waals surface area (Å²) in [6.07, 6.45) is 1.38. The van der Waals surface area contributed by atoms with E-state index in [9.17, 15) is 23.0 Å². The predicted molar refractivity (Wildman–Crippen MR) is 140 cm³/mol. The highest BCUT2D eigenvalue weighted by molar-refractivity contribution is 7.89. The van der Waals surface area contributed by atoms with Gasteiger partial charge < -0.3 is 30.9 Å². The summed E-state index contributed by atoms with van der Waals surface area (Å²) in [7, 11) is 0. The summed E-state index contributed by atoms with van der Waals surface area (Å²) < 4.78 is 45.5. The molecule has 1 aliphatic heterocycles. The van der Waals surface area contributed by atoms with Crippen molar-refractivity contribution in [3.63, 3.8) is 0 Å². The van der Waals surface area contributed by atoms with Crippen LogP contribution in [0.1, 0.15) is 30.4 Å². The number of nitrogens with zero attached hydrogens (tertiary/aromatic N) is 5. The highest BCUT2D eigenvalue weighted by Crippen LogP contribution is 2.31. The maximum atomic E-state index is 12.0. The average molecular weight is 565 g/mol. The molecule has 5 rings (SSSR count). The number of nitriles is 1. The second-order valence-electron chi connectivity index (χ2n) is 9.33. The van der Waals surface area contributed by atoms with Gasteiger partial charge in [0, 0.05) is 48.2 Å². The number of carbonyl (C=O) groups is 1. The topological polar surface area (TPSA) is 168 Å². The van der Waals surface area contributed by atoms with Crippen molar-refractivity contribution in [1.82, 2.24) is 14.6 Å². The molecule has 3 aromatic rings. The number of carboxylic acids is 1. The van der Waals surface area contributed by atoms with Crippen LogP contribution in [0.2, 0.25) is 0 Å². The molecule has 2 aromatic heterocycles. The number of aliphatic carboxylic acids is 1. The Morgan fingerprint density at radius 2 is 2.05 bits per heavy atom. The number of nitrogens with two attached hydrogens (primary N) is 1. The molecule has 2 aliphatic rings. The normalized spacial score (nSPS) is 17.8. The largest absolute Gasteiger partial charge is 0.616 e. The fourth-order valence-corrected chi connectivity index (χ4v) is 4.77. The molecule has 0 unspecified atom stereocenters. The number of hydrogen-bond donors (Lipinski definition) is 4. The Kier molecular flexibility index (Phi) is 8.38. The lowest BCUT2D eigenvalue weighted by molar-refractivity contribution is -0.192. The van der Waals surface area contributed by atoms with Gasteiger partial charge in [-0.1, -0.05) is 11.2 Å². The minimum atomic E-state index is -5.08. The van der Waals surface area contributed by atoms with E-state index in [-0.39, 0.29) is 6.04 Å². The van der Waals surface area contributed by atoms with Crippen LogP contribution >= 0.6 is 0 Å². The lowest BCUT2D eigenvalue weighted by atomic mass is 10.1. The van der Waals surface area contributed by atoms with Gasteiger partial charge in [-0.15, -0.1) is 0 Å². The Balaban J connectivity index is 0.000000448. The van der Waals surface area contributed by atoms with Crippen LogP contribution in [0.15, 0.2) is 30.5 Å². The number of benzene rings is 1. The van der Waals surface area contributed by atoms with Crippen molar-refractivity contribution in [3.8, 4) is 6.07 Å². The molecule has 1 aromatic carbocycles. The van der Waals surface area contributed by atoms with Gasteiger partial charge in [-0.25, -0.2) is 9.78 Å². The first-order chi connectivity index (χ1) is 18.4. The molecule has 1 saturated heterocycles. The van der Waals surface area contributed by atoms with Gasteiger partial charge in [0.2, 0.25) is 0 Å². The van der Waals surface area contributed by atoms with Crippen molar-refractivity contribution < 1.29 is 27.6 Å². The number of carboxylic acid groups (broad SMARTS) is 1. The molecule has 0 bridgehead atoms. The molecule has 2 atom stereocenters. The number of aromatic nitrogens is 3. The number of halogens is 3. The van der Waals surface area contributed by atoms with E-state index in [0.29, 0.717) is 28.8 Å². The third-order valence-electron chi connectivity index (χ3n) is 6.04. The van der Waals surface area contributed by atoms with Crippen LogP contribution in [0.25, 0.3) is 5.65 Å². The maximum absolute atomic E-state index is 12.0. The first-order valence-corrected chi connectivity index (χ1v) is 13.7. The van der Waals surface area contributed by atoms with Crippen molar-refractivity contribution >= 4 is 45.8 Å². The van der Waals surface area contributed by atoms with Crippen LogP contribution in [-0.2, 0) is 21.7 Å². The van der Waals surface area contributed by atoms with E-state index >= 15 is 0 Å². The molecule has 208 valence electrons. The summed E-state index contributed by atoms with van der Waals surface area (Å²) in [5.74, 6) is -0.859. The van der Waals surface area contributed by atoms with Crippen LogP contribution in [0.5, 0.6) is 0 Å². The Hall–Kier alpha value is -3.74. The second-order valence-corrected chi connectivity index (χ2v) is 10.8. The summed E-state index contributed by atoms with van der Waals surface area (Å²) in [5.41, 5.74) is 9.99. The molecule has 0 radical (unpaired) electrons. The zero-order valence-electron chi connectivity index (χ0n) is 20.9. The number of hydrogen-bond acceptors (Lipinski definition) is 9. The maximum Gasteiger partial charge on any atom is 0.490 e. The molecular weight excluding hydrogens is 537 g/mol. The van der Waals surface area contributed by atoms with Crippen molar-refractivity contribution in [2.24, 2.45) is 5.73 Å². The first kappa shape index (κ1) is 28.3. The molecule has 1 saturated carbocycles. The summed E-state index contributed by atoms with van der Waals surface area (Å²) in [6.45, 7) is 1.71. The lowest BCUT2D eigenvalue weighted by Gasteiger charge is -2.23. The standard InChI is InChI=1S/C22H26N8OS.C2HF3O2/c1-32(31)13-14-8-18(4-5-19(14)29-7-6-16(24)12-29)26-20-9-21(27-17-2-3-17)30-22(28-20)15(10-23)11-25-30;3-2(4,5)1(6)7/h4-5,8-9,11,16-17,27H,2-3,6-7,12-13,24H2,1H3,(H,26,28);(H,6,7)/t16-,32-;/m1./s1. The smallest absolute Gasteiger partial charge is 0.490 e. The van der Waals surface area contributed by atoms with Crippen molar-refractivity contribution in [1.29, 1.82) is 5.26 Å². The quantitative estimate of drug-likeness (QED) is 0.313. The molecule has 3 heterocycles. The van der Waals surface area contributed by atoms with E-state index < -0.39 is 23.3 Å². The Morgan fingerprint density at radius 3 is 2.62 bits per heavy atom. The fourth-order valence-electron chi connectivity index (χ4n) is 4.11. The van der Waals surface area contributed by atoms with Crippen LogP contribution in [-0.4, -0.2) is 67.8 Å². The summed E-state index contributed by atoms with van der Waals surface area (Å²) >= 11 is -0.970. The Labute approximate surface area is 225 Å². The molecule has 0 amide bonds. The molecule has 15 heteroatoms. The van der Waals surface area contributed by atoms with E-state index in [4.69, 9.17) is 15.6 Å². The monoisotopic (exact) mass is 564 g/mol. The Morgan fingerprint density at radius 1 is 1.33 bits per heavy atom. The summed E-state index contributed by atoms with van der Waals surface area (Å²) in [6, 6.07) is 10.8. The van der Waals surface area contributed by atoms with Gasteiger partial charge in [0.05, 0.1) is 12.5 Å². The van der Waals surface area contributed by atoms with Crippen molar-refractivity contribution in [2.75, 3.05) is 34.9 Å². The Bertz CT molecular complexity index is 1390. The minimum Gasteiger partial charge on any atom is -0.616 e. The first-order valence-electron chi connectivity index (χ1n) is 12.0. The highest BCUT2D eigenvalue weighted by atomic mass is 32.2. The van der Waals surface area contributed by atoms with Gasteiger partial charge in [0.15, 0.2) is 5.65 Å². The number of nitrogens with one attached hydrogen (secondary N) is 2. The zero-order chi connectivity index (χ0) is 28.3. The van der Waals surface area contributed by atoms with E-state index in [0.717, 1.165) is 55.1 Å². The molecule has 1 aliphatic carbocycles. The van der Waals surface area contributed by atoms with Crippen LogP contribution < -0.4 is 21.3 Å². The van der Waals surface area contributed by atoms with Crippen LogP contribution in [0.3, 0.4) is 0 Å². The average Bonchev–Trinajstić information content (AvgIpc) is 3.40. The number of alkyl halides is 3. The summed E-state index contributed by atoms with van der Waals surface area (Å²) in [5, 5.41) is 27.7. The summed E-state index contributed by atoms with van der Waals surface area (Å²) in [4.78, 5) is 15.8. The van der Waals surface area contributed by atoms with Crippen molar-refractivity contribution in [2.45, 2.75) is 43.3 Å². The van der Waals surface area contributed by atoms with Gasteiger partial charge in [0.1, 0.15) is 29.0 Å². The predicted octanol–water partition coefficient (Wildman–Crippen LogP) is 2.97. The second kappa shape index (κ2) is 11.6. The molecule has 5 N–H and O–H groups in total. The molecule has 2 fully saturated rings. The minimum absolute atomic E-state index is 0.172. The van der Waals surface area contributed by atoms with E-state index in [1.807, 2.05) is 18.2 Å². The van der Waals surface area contributed by atoms with Gasteiger partial charge >= 0.3 is 12.1 Å². The van der Waals surface area contributed by atoms with Gasteiger partial charge in [0.25, 0.3) is 0 Å². The molecule has 0 spiro atoms. The van der Waals surface area contributed by atoms with Gasteiger partial charge in [-0.05, 0) is 37.5 Å². The number of fused-ring (bicyclic) bond motifs is 1. The zero-order valence-corrected chi connectivity index (χ0v) is 21.7. The third-order valence-corrected chi connectivity index (χ3v) is 6.76. The number of rotatable bonds is 7. The van der Waals surface area contributed by atoms with Gasteiger partial charge in [-0.3, -0.25) is 0 Å². The highest BCUT2D eigenvalue weighted by Gasteiger charge is 2.38. The SMILES string of the molecule is C[S@@+]([O-])Cc1cc(Nc2cc(NC3CC3)n3ncc(C#N)c3n2)ccc1N1CC[C@@H](N)C1.O=C(O)C(F)(F)F. The molecule has 39 heavy (non-hydrogen) atoms. The van der Waals surface area contributed by atoms with Crippen LogP contribution in [0, 0.1) is 11.3 Å². The third kappa shape index (κ3) is 7.22. The van der Waals surface area contributed by atoms with E-state index in [2.05, 4.69) is 37.8 Å².